The molecule has 0 aromatic heterocycles. The van der Waals surface area contributed by atoms with E-state index in [1.807, 2.05) is 0 Å². The second-order valence-corrected chi connectivity index (χ2v) is 5.95. The maximum Gasteiger partial charge on any atom is 0.00446 e. The second kappa shape index (κ2) is 4.84. The molecule has 2 N–H and O–H groups in total. The minimum Gasteiger partial charge on any atom is -0.328 e. The molecule has 15 heavy (non-hydrogen) atoms. The number of hydrogen-bond donors (Lipinski definition) is 1. The molecule has 2 fully saturated rings. The Labute approximate surface area is 94.2 Å². The average Bonchev–Trinajstić information content (AvgIpc) is 2.49. The van der Waals surface area contributed by atoms with Crippen molar-refractivity contribution in [2.24, 2.45) is 23.5 Å². The third-order valence-corrected chi connectivity index (χ3v) is 4.45. The lowest BCUT2D eigenvalue weighted by Gasteiger charge is -2.33. The molecule has 0 aromatic carbocycles. The Morgan fingerprint density at radius 1 is 1.13 bits per heavy atom. The summed E-state index contributed by atoms with van der Waals surface area (Å²) in [4.78, 5) is 2.67. The summed E-state index contributed by atoms with van der Waals surface area (Å²) in [6.45, 7) is 8.70. The van der Waals surface area contributed by atoms with E-state index in [1.54, 1.807) is 0 Å². The van der Waals surface area contributed by atoms with Crippen LogP contribution in [0.2, 0.25) is 0 Å². The van der Waals surface area contributed by atoms with E-state index in [2.05, 4.69) is 18.7 Å². The van der Waals surface area contributed by atoms with E-state index in [4.69, 9.17) is 5.73 Å². The molecule has 0 bridgehead atoms. The van der Waals surface area contributed by atoms with Crippen molar-refractivity contribution in [3.63, 3.8) is 0 Å². The summed E-state index contributed by atoms with van der Waals surface area (Å²) < 4.78 is 0. The summed E-state index contributed by atoms with van der Waals surface area (Å²) in [6, 6.07) is 0.480. The summed E-state index contributed by atoms with van der Waals surface area (Å²) in [7, 11) is 0. The topological polar surface area (TPSA) is 29.3 Å². The summed E-state index contributed by atoms with van der Waals surface area (Å²) in [5, 5.41) is 0. The lowest BCUT2D eigenvalue weighted by atomic mass is 9.94. The fraction of sp³-hybridized carbons (Fsp3) is 1.00. The molecule has 1 saturated carbocycles. The van der Waals surface area contributed by atoms with Crippen molar-refractivity contribution < 1.29 is 0 Å². The van der Waals surface area contributed by atoms with E-state index in [-0.39, 0.29) is 0 Å². The van der Waals surface area contributed by atoms with Gasteiger partial charge in [0.1, 0.15) is 0 Å². The Bertz CT molecular complexity index is 197. The van der Waals surface area contributed by atoms with Crippen LogP contribution in [0.1, 0.15) is 39.5 Å². The summed E-state index contributed by atoms with van der Waals surface area (Å²) in [5.74, 6) is 2.66. The largest absolute Gasteiger partial charge is 0.328 e. The molecule has 0 spiro atoms. The van der Waals surface area contributed by atoms with E-state index in [9.17, 15) is 0 Å². The standard InChI is InChI=1S/C13H26N2/c1-10-3-5-15(6-4-10)9-12-8-13(14)7-11(12)2/h10-13H,3-9,14H2,1-2H3/t11-,12+,13-/m0/s1. The quantitative estimate of drug-likeness (QED) is 0.756. The van der Waals surface area contributed by atoms with Crippen LogP contribution in [0.15, 0.2) is 0 Å². The van der Waals surface area contributed by atoms with Gasteiger partial charge in [0.15, 0.2) is 0 Å². The van der Waals surface area contributed by atoms with Gasteiger partial charge < -0.3 is 10.6 Å². The normalized spacial score (nSPS) is 39.8. The van der Waals surface area contributed by atoms with Crippen LogP contribution in [-0.2, 0) is 0 Å². The van der Waals surface area contributed by atoms with Crippen LogP contribution < -0.4 is 5.73 Å². The van der Waals surface area contributed by atoms with Crippen LogP contribution in [0, 0.1) is 17.8 Å². The summed E-state index contributed by atoms with van der Waals surface area (Å²) >= 11 is 0. The predicted molar refractivity (Wildman–Crippen MR) is 64.7 cm³/mol. The van der Waals surface area contributed by atoms with Gasteiger partial charge in [0.2, 0.25) is 0 Å². The van der Waals surface area contributed by atoms with Gasteiger partial charge in [0.25, 0.3) is 0 Å². The molecule has 2 aliphatic rings. The summed E-state index contributed by atoms with van der Waals surface area (Å²) in [5.41, 5.74) is 6.02. The number of piperidine rings is 1. The van der Waals surface area contributed by atoms with Crippen LogP contribution in [0.5, 0.6) is 0 Å². The zero-order valence-electron chi connectivity index (χ0n) is 10.3. The first kappa shape index (κ1) is 11.4. The molecule has 2 heteroatoms. The highest BCUT2D eigenvalue weighted by Crippen LogP contribution is 2.32. The van der Waals surface area contributed by atoms with E-state index in [1.165, 1.54) is 45.3 Å². The van der Waals surface area contributed by atoms with Crippen LogP contribution >= 0.6 is 0 Å². The van der Waals surface area contributed by atoms with Gasteiger partial charge in [-0.25, -0.2) is 0 Å². The molecule has 1 saturated heterocycles. The second-order valence-electron chi connectivity index (χ2n) is 5.95. The Hall–Kier alpha value is -0.0800. The molecule has 88 valence electrons. The highest BCUT2D eigenvalue weighted by Gasteiger charge is 2.30. The molecular weight excluding hydrogens is 184 g/mol. The van der Waals surface area contributed by atoms with Crippen molar-refractivity contribution in [3.8, 4) is 0 Å². The zero-order chi connectivity index (χ0) is 10.8. The van der Waals surface area contributed by atoms with Gasteiger partial charge in [-0.2, -0.15) is 0 Å². The highest BCUT2D eigenvalue weighted by molar-refractivity contribution is 4.85. The molecule has 1 aliphatic carbocycles. The first-order valence-electron chi connectivity index (χ1n) is 6.63. The SMILES string of the molecule is CC1CCN(C[C@H]2C[C@@H](N)C[C@@H]2C)CC1. The minimum absolute atomic E-state index is 0.480. The average molecular weight is 210 g/mol. The Kier molecular flexibility index (Phi) is 3.68. The third-order valence-electron chi connectivity index (χ3n) is 4.45. The van der Waals surface area contributed by atoms with Crippen LogP contribution in [0.25, 0.3) is 0 Å². The van der Waals surface area contributed by atoms with E-state index in [0.717, 1.165) is 17.8 Å². The van der Waals surface area contributed by atoms with Gasteiger partial charge >= 0.3 is 0 Å². The monoisotopic (exact) mass is 210 g/mol. The van der Waals surface area contributed by atoms with Gasteiger partial charge in [-0.15, -0.1) is 0 Å². The molecule has 2 rings (SSSR count). The Balaban J connectivity index is 1.77. The predicted octanol–water partition coefficient (Wildman–Crippen LogP) is 2.09. The molecule has 0 unspecified atom stereocenters. The lowest BCUT2D eigenvalue weighted by molar-refractivity contribution is 0.155. The molecule has 1 heterocycles. The van der Waals surface area contributed by atoms with Gasteiger partial charge in [-0.3, -0.25) is 0 Å². The number of nitrogens with zero attached hydrogens (tertiary/aromatic N) is 1. The van der Waals surface area contributed by atoms with Crippen LogP contribution in [0.3, 0.4) is 0 Å². The van der Waals surface area contributed by atoms with E-state index < -0.39 is 0 Å². The number of rotatable bonds is 2. The van der Waals surface area contributed by atoms with Gasteiger partial charge in [0.05, 0.1) is 0 Å². The lowest BCUT2D eigenvalue weighted by Crippen LogP contribution is -2.37. The maximum absolute atomic E-state index is 6.02. The molecule has 1 aliphatic heterocycles. The molecular formula is C13H26N2. The fourth-order valence-corrected chi connectivity index (χ4v) is 3.22. The molecule has 2 nitrogen and oxygen atoms in total. The van der Waals surface area contributed by atoms with Crippen molar-refractivity contribution in [3.05, 3.63) is 0 Å². The fourth-order valence-electron chi connectivity index (χ4n) is 3.22. The maximum atomic E-state index is 6.02. The first-order chi connectivity index (χ1) is 7.15. The first-order valence-corrected chi connectivity index (χ1v) is 6.63. The molecule has 0 amide bonds. The Morgan fingerprint density at radius 2 is 1.80 bits per heavy atom. The third kappa shape index (κ3) is 2.94. The molecule has 0 radical (unpaired) electrons. The number of hydrogen-bond acceptors (Lipinski definition) is 2. The Morgan fingerprint density at radius 3 is 2.33 bits per heavy atom. The van der Waals surface area contributed by atoms with Gasteiger partial charge in [-0.05, 0) is 56.5 Å². The minimum atomic E-state index is 0.480. The van der Waals surface area contributed by atoms with Crippen molar-refractivity contribution >= 4 is 0 Å². The van der Waals surface area contributed by atoms with Crippen LogP contribution in [0.4, 0.5) is 0 Å². The van der Waals surface area contributed by atoms with E-state index in [0.29, 0.717) is 6.04 Å². The van der Waals surface area contributed by atoms with Crippen molar-refractivity contribution in [1.29, 1.82) is 0 Å². The highest BCUT2D eigenvalue weighted by atomic mass is 15.1. The smallest absolute Gasteiger partial charge is 0.00446 e. The number of nitrogens with two attached hydrogens (primary N) is 1. The summed E-state index contributed by atoms with van der Waals surface area (Å²) in [6.07, 6.45) is 5.29. The van der Waals surface area contributed by atoms with Gasteiger partial charge in [-0.1, -0.05) is 13.8 Å². The zero-order valence-corrected chi connectivity index (χ0v) is 10.3. The van der Waals surface area contributed by atoms with Crippen molar-refractivity contribution in [2.45, 2.75) is 45.6 Å². The number of likely N-dealkylation sites (tertiary alicyclic amines) is 1. The van der Waals surface area contributed by atoms with Crippen molar-refractivity contribution in [1.82, 2.24) is 4.90 Å². The van der Waals surface area contributed by atoms with Gasteiger partial charge in [0, 0.05) is 12.6 Å². The van der Waals surface area contributed by atoms with Crippen molar-refractivity contribution in [2.75, 3.05) is 19.6 Å². The molecule has 0 aromatic rings. The molecule has 3 atom stereocenters. The van der Waals surface area contributed by atoms with Crippen LogP contribution in [-0.4, -0.2) is 30.6 Å². The van der Waals surface area contributed by atoms with E-state index >= 15 is 0 Å².